The summed E-state index contributed by atoms with van der Waals surface area (Å²) < 4.78 is 5.62. The molecule has 146 valence electrons. The minimum Gasteiger partial charge on any atom is -0.421 e. The molecule has 8 nitrogen and oxygen atoms in total. The fraction of sp³-hybridized carbons (Fsp3) is 0.190. The minimum absolute atomic E-state index is 0.138. The van der Waals surface area contributed by atoms with Gasteiger partial charge in [-0.3, -0.25) is 19.3 Å². The Morgan fingerprint density at radius 2 is 1.76 bits per heavy atom. The summed E-state index contributed by atoms with van der Waals surface area (Å²) in [5.74, 6) is -0.206. The molecule has 3 amide bonds. The Kier molecular flexibility index (Phi) is 4.67. The average Bonchev–Trinajstić information content (AvgIpc) is 3.27. The summed E-state index contributed by atoms with van der Waals surface area (Å²) in [5.41, 5.74) is 3.03. The van der Waals surface area contributed by atoms with Gasteiger partial charge in [-0.1, -0.05) is 17.7 Å². The van der Waals surface area contributed by atoms with Crippen molar-refractivity contribution >= 4 is 23.4 Å². The van der Waals surface area contributed by atoms with Crippen LogP contribution < -0.4 is 5.32 Å². The van der Waals surface area contributed by atoms with Crippen molar-refractivity contribution in [3.8, 4) is 11.5 Å². The second-order valence-corrected chi connectivity index (χ2v) is 6.84. The van der Waals surface area contributed by atoms with Crippen LogP contribution in [0.25, 0.3) is 11.5 Å². The predicted molar refractivity (Wildman–Crippen MR) is 104 cm³/mol. The molecular weight excluding hydrogens is 372 g/mol. The highest BCUT2D eigenvalue weighted by Gasteiger charge is 2.32. The van der Waals surface area contributed by atoms with E-state index in [-0.39, 0.29) is 36.1 Å². The van der Waals surface area contributed by atoms with E-state index in [0.717, 1.165) is 16.0 Å². The largest absolute Gasteiger partial charge is 0.421 e. The van der Waals surface area contributed by atoms with Crippen molar-refractivity contribution in [1.29, 1.82) is 0 Å². The number of aromatic nitrogens is 2. The molecule has 4 rings (SSSR count). The van der Waals surface area contributed by atoms with E-state index < -0.39 is 0 Å². The maximum Gasteiger partial charge on any atom is 0.261 e. The number of aryl methyl sites for hydroxylation is 2. The molecule has 0 saturated heterocycles. The lowest BCUT2D eigenvalue weighted by atomic mass is 10.1. The van der Waals surface area contributed by atoms with E-state index >= 15 is 0 Å². The minimum atomic E-state index is -0.379. The van der Waals surface area contributed by atoms with Gasteiger partial charge in [0, 0.05) is 31.1 Å². The molecule has 0 atom stereocenters. The molecule has 1 aromatic heterocycles. The number of carbonyl (C=O) groups excluding carboxylic acids is 3. The predicted octanol–water partition coefficient (Wildman–Crippen LogP) is 2.84. The zero-order valence-electron chi connectivity index (χ0n) is 15.9. The number of carbonyl (C=O) groups is 3. The normalized spacial score (nSPS) is 13.0. The fourth-order valence-corrected chi connectivity index (χ4v) is 3.05. The van der Waals surface area contributed by atoms with Crippen LogP contribution in [0.15, 0.2) is 46.9 Å². The number of hydrogen-bond donors (Lipinski definition) is 1. The number of nitrogens with one attached hydrogen (secondary N) is 1. The first-order valence-corrected chi connectivity index (χ1v) is 9.08. The van der Waals surface area contributed by atoms with Crippen LogP contribution in [0.4, 0.5) is 5.69 Å². The van der Waals surface area contributed by atoms with Crippen molar-refractivity contribution in [2.45, 2.75) is 19.8 Å². The quantitative estimate of drug-likeness (QED) is 0.672. The molecule has 8 heteroatoms. The van der Waals surface area contributed by atoms with E-state index in [4.69, 9.17) is 4.42 Å². The highest BCUT2D eigenvalue weighted by Crippen LogP contribution is 2.25. The average molecular weight is 390 g/mol. The first-order valence-electron chi connectivity index (χ1n) is 9.08. The van der Waals surface area contributed by atoms with Gasteiger partial charge in [-0.2, -0.15) is 0 Å². The van der Waals surface area contributed by atoms with Gasteiger partial charge >= 0.3 is 0 Å². The van der Waals surface area contributed by atoms with E-state index in [9.17, 15) is 14.4 Å². The zero-order valence-corrected chi connectivity index (χ0v) is 15.9. The van der Waals surface area contributed by atoms with Crippen LogP contribution in [-0.4, -0.2) is 39.9 Å². The Morgan fingerprint density at radius 1 is 1.03 bits per heavy atom. The van der Waals surface area contributed by atoms with Gasteiger partial charge in [-0.05, 0) is 37.3 Å². The Hall–Kier alpha value is -3.81. The van der Waals surface area contributed by atoms with E-state index in [1.54, 1.807) is 12.1 Å². The Balaban J connectivity index is 1.37. The van der Waals surface area contributed by atoms with Gasteiger partial charge in [0.05, 0.1) is 11.1 Å². The second kappa shape index (κ2) is 7.31. The molecule has 2 heterocycles. The number of nitrogens with zero attached hydrogens (tertiary/aromatic N) is 3. The van der Waals surface area contributed by atoms with Crippen LogP contribution in [0.5, 0.6) is 0 Å². The summed E-state index contributed by atoms with van der Waals surface area (Å²) in [5, 5.41) is 10.7. The smallest absolute Gasteiger partial charge is 0.261 e. The third kappa shape index (κ3) is 3.64. The maximum atomic E-state index is 12.2. The van der Waals surface area contributed by atoms with E-state index in [0.29, 0.717) is 23.0 Å². The number of amides is 3. The van der Waals surface area contributed by atoms with Crippen molar-refractivity contribution in [1.82, 2.24) is 15.1 Å². The van der Waals surface area contributed by atoms with Gasteiger partial charge in [0.25, 0.3) is 11.8 Å². The van der Waals surface area contributed by atoms with E-state index in [2.05, 4.69) is 15.5 Å². The molecule has 1 aliphatic rings. The van der Waals surface area contributed by atoms with Crippen molar-refractivity contribution < 1.29 is 18.8 Å². The van der Waals surface area contributed by atoms with Crippen LogP contribution in [-0.2, 0) is 11.2 Å². The van der Waals surface area contributed by atoms with Crippen molar-refractivity contribution in [2.24, 2.45) is 0 Å². The molecule has 2 aromatic carbocycles. The van der Waals surface area contributed by atoms with E-state index in [1.807, 2.05) is 31.2 Å². The topological polar surface area (TPSA) is 105 Å². The number of rotatable bonds is 5. The van der Waals surface area contributed by atoms with Crippen LogP contribution in [0.2, 0.25) is 0 Å². The Morgan fingerprint density at radius 3 is 2.52 bits per heavy atom. The molecular formula is C21H18N4O4. The number of hydrogen-bond acceptors (Lipinski definition) is 6. The van der Waals surface area contributed by atoms with E-state index in [1.165, 1.54) is 13.1 Å². The van der Waals surface area contributed by atoms with Gasteiger partial charge in [-0.15, -0.1) is 10.2 Å². The number of fused-ring (bicyclic) bond motifs is 1. The van der Waals surface area contributed by atoms with Gasteiger partial charge in [-0.25, -0.2) is 0 Å². The number of anilines is 1. The summed E-state index contributed by atoms with van der Waals surface area (Å²) in [4.78, 5) is 37.3. The first kappa shape index (κ1) is 18.5. The zero-order chi connectivity index (χ0) is 20.5. The van der Waals surface area contributed by atoms with Crippen LogP contribution >= 0.6 is 0 Å². The third-order valence-electron chi connectivity index (χ3n) is 4.70. The van der Waals surface area contributed by atoms with Gasteiger partial charge in [0.15, 0.2) is 0 Å². The molecule has 0 saturated carbocycles. The molecule has 1 aliphatic heterocycles. The van der Waals surface area contributed by atoms with Crippen molar-refractivity contribution in [3.63, 3.8) is 0 Å². The lowest BCUT2D eigenvalue weighted by Gasteiger charge is -2.05. The lowest BCUT2D eigenvalue weighted by molar-refractivity contribution is -0.116. The fourth-order valence-electron chi connectivity index (χ4n) is 3.05. The molecule has 29 heavy (non-hydrogen) atoms. The Bertz CT molecular complexity index is 1120. The van der Waals surface area contributed by atoms with Crippen molar-refractivity contribution in [3.05, 3.63) is 65.0 Å². The number of imide groups is 1. The summed E-state index contributed by atoms with van der Waals surface area (Å²) in [6.45, 7) is 1.99. The van der Waals surface area contributed by atoms with Crippen LogP contribution in [0.1, 0.15) is 38.6 Å². The molecule has 0 unspecified atom stereocenters. The molecule has 0 radical (unpaired) electrons. The molecule has 3 aromatic rings. The highest BCUT2D eigenvalue weighted by molar-refractivity contribution is 6.21. The molecule has 0 spiro atoms. The van der Waals surface area contributed by atoms with Crippen LogP contribution in [0.3, 0.4) is 0 Å². The highest BCUT2D eigenvalue weighted by atomic mass is 16.4. The SMILES string of the molecule is Cc1ccc(-c2nnc(CCC(=O)Nc3ccc4c(c3)C(=O)N(C)C4=O)o2)cc1. The summed E-state index contributed by atoms with van der Waals surface area (Å²) in [7, 11) is 1.43. The van der Waals surface area contributed by atoms with Gasteiger partial charge in [0.1, 0.15) is 0 Å². The standard InChI is InChI=1S/C21H18N4O4/c1-12-3-5-13(6-4-12)19-24-23-18(29-19)10-9-17(26)22-14-7-8-15-16(11-14)21(28)25(2)20(15)27/h3-8,11H,9-10H2,1-2H3,(H,22,26). The molecule has 0 bridgehead atoms. The monoisotopic (exact) mass is 390 g/mol. The van der Waals surface area contributed by atoms with Gasteiger partial charge < -0.3 is 9.73 Å². The Labute approximate surface area is 166 Å². The summed E-state index contributed by atoms with van der Waals surface area (Å²) in [6.07, 6.45) is 0.426. The van der Waals surface area contributed by atoms with Gasteiger partial charge in [0.2, 0.25) is 17.7 Å². The second-order valence-electron chi connectivity index (χ2n) is 6.84. The summed E-state index contributed by atoms with van der Waals surface area (Å²) in [6, 6.07) is 12.4. The van der Waals surface area contributed by atoms with Crippen LogP contribution in [0, 0.1) is 6.92 Å². The summed E-state index contributed by atoms with van der Waals surface area (Å²) >= 11 is 0. The first-order chi connectivity index (χ1) is 13.9. The lowest BCUT2D eigenvalue weighted by Crippen LogP contribution is -2.24. The third-order valence-corrected chi connectivity index (χ3v) is 4.70. The maximum absolute atomic E-state index is 12.2. The molecule has 0 aliphatic carbocycles. The van der Waals surface area contributed by atoms with Crippen molar-refractivity contribution in [2.75, 3.05) is 12.4 Å². The molecule has 0 fully saturated rings. The number of benzene rings is 2. The molecule has 1 N–H and O–H groups in total.